The highest BCUT2D eigenvalue weighted by Gasteiger charge is 2.13. The standard InChI is InChI=1S/C12H15Br2NO3/c1-12(2,3)18-15-11(16)7-17-10-5-4-8(13)6-9(10)14/h4-6H,7H2,1-3H3,(H,15,16). The number of hydrogen-bond donors (Lipinski definition) is 1. The van der Waals surface area contributed by atoms with E-state index in [0.29, 0.717) is 5.75 Å². The molecule has 0 bridgehead atoms. The van der Waals surface area contributed by atoms with Gasteiger partial charge in [0.25, 0.3) is 5.91 Å². The normalized spacial score (nSPS) is 11.2. The molecule has 0 spiro atoms. The van der Waals surface area contributed by atoms with Crippen molar-refractivity contribution in [2.45, 2.75) is 26.4 Å². The molecule has 18 heavy (non-hydrogen) atoms. The second-order valence-corrected chi connectivity index (χ2v) is 6.37. The average molecular weight is 381 g/mol. The Hall–Kier alpha value is -0.590. The van der Waals surface area contributed by atoms with Crippen LogP contribution in [0.3, 0.4) is 0 Å². The number of nitrogens with one attached hydrogen (secondary N) is 1. The molecule has 0 aliphatic carbocycles. The van der Waals surface area contributed by atoms with Crippen molar-refractivity contribution >= 4 is 37.8 Å². The van der Waals surface area contributed by atoms with Crippen molar-refractivity contribution in [1.82, 2.24) is 5.48 Å². The van der Waals surface area contributed by atoms with E-state index >= 15 is 0 Å². The van der Waals surface area contributed by atoms with Gasteiger partial charge in [0.15, 0.2) is 6.61 Å². The van der Waals surface area contributed by atoms with Gasteiger partial charge in [-0.25, -0.2) is 5.48 Å². The Balaban J connectivity index is 2.43. The first kappa shape index (κ1) is 15.5. The molecule has 0 radical (unpaired) electrons. The van der Waals surface area contributed by atoms with Crippen LogP contribution in [-0.2, 0) is 9.63 Å². The number of ether oxygens (including phenoxy) is 1. The number of rotatable bonds is 4. The highest BCUT2D eigenvalue weighted by atomic mass is 79.9. The fraction of sp³-hybridized carbons (Fsp3) is 0.417. The average Bonchev–Trinajstić information content (AvgIpc) is 2.24. The maximum absolute atomic E-state index is 11.5. The lowest BCUT2D eigenvalue weighted by Gasteiger charge is -2.19. The first-order valence-corrected chi connectivity index (χ1v) is 6.91. The second kappa shape index (κ2) is 6.54. The zero-order chi connectivity index (χ0) is 13.8. The number of carbonyl (C=O) groups excluding carboxylic acids is 1. The predicted octanol–water partition coefficient (Wildman–Crippen LogP) is 3.44. The van der Waals surface area contributed by atoms with Crippen LogP contribution in [-0.4, -0.2) is 18.1 Å². The molecule has 1 rings (SSSR count). The molecule has 0 saturated heterocycles. The summed E-state index contributed by atoms with van der Waals surface area (Å²) in [5.41, 5.74) is 1.91. The van der Waals surface area contributed by atoms with Gasteiger partial charge in [-0.05, 0) is 54.9 Å². The molecule has 0 atom stereocenters. The number of carbonyl (C=O) groups is 1. The van der Waals surface area contributed by atoms with E-state index < -0.39 is 5.60 Å². The van der Waals surface area contributed by atoms with Gasteiger partial charge < -0.3 is 4.74 Å². The van der Waals surface area contributed by atoms with Gasteiger partial charge in [-0.15, -0.1) is 0 Å². The van der Waals surface area contributed by atoms with E-state index in [4.69, 9.17) is 9.57 Å². The third kappa shape index (κ3) is 5.84. The summed E-state index contributed by atoms with van der Waals surface area (Å²) in [6, 6.07) is 5.45. The molecular formula is C12H15Br2NO3. The summed E-state index contributed by atoms with van der Waals surface area (Å²) in [5, 5.41) is 0. The maximum Gasteiger partial charge on any atom is 0.281 e. The number of halogens is 2. The van der Waals surface area contributed by atoms with Crippen LogP contribution >= 0.6 is 31.9 Å². The van der Waals surface area contributed by atoms with Crippen molar-refractivity contribution in [3.8, 4) is 5.75 Å². The van der Waals surface area contributed by atoms with Crippen LogP contribution < -0.4 is 10.2 Å². The summed E-state index contributed by atoms with van der Waals surface area (Å²) in [7, 11) is 0. The Morgan fingerprint density at radius 2 is 2.00 bits per heavy atom. The van der Waals surface area contributed by atoms with Crippen LogP contribution in [0.5, 0.6) is 5.75 Å². The van der Waals surface area contributed by atoms with Gasteiger partial charge in [0.1, 0.15) is 5.75 Å². The monoisotopic (exact) mass is 379 g/mol. The summed E-state index contributed by atoms with van der Waals surface area (Å²) in [5.74, 6) is 0.267. The van der Waals surface area contributed by atoms with Crippen molar-refractivity contribution in [2.75, 3.05) is 6.61 Å². The summed E-state index contributed by atoms with van der Waals surface area (Å²) in [4.78, 5) is 16.6. The van der Waals surface area contributed by atoms with E-state index in [1.54, 1.807) is 6.07 Å². The summed E-state index contributed by atoms with van der Waals surface area (Å²) in [6.45, 7) is 5.44. The third-order valence-electron chi connectivity index (χ3n) is 1.72. The maximum atomic E-state index is 11.5. The molecule has 0 aromatic heterocycles. The zero-order valence-electron chi connectivity index (χ0n) is 10.4. The van der Waals surface area contributed by atoms with E-state index in [2.05, 4.69) is 37.3 Å². The van der Waals surface area contributed by atoms with Gasteiger partial charge in [-0.2, -0.15) is 0 Å². The van der Waals surface area contributed by atoms with Crippen molar-refractivity contribution in [3.05, 3.63) is 27.1 Å². The molecule has 1 aromatic carbocycles. The minimum absolute atomic E-state index is 0.101. The number of benzene rings is 1. The lowest BCUT2D eigenvalue weighted by atomic mass is 10.2. The Labute approximate surface area is 123 Å². The lowest BCUT2D eigenvalue weighted by Crippen LogP contribution is -2.36. The number of hydrogen-bond acceptors (Lipinski definition) is 3. The van der Waals surface area contributed by atoms with Crippen LogP contribution in [0.1, 0.15) is 20.8 Å². The van der Waals surface area contributed by atoms with Gasteiger partial charge in [0.2, 0.25) is 0 Å². The van der Waals surface area contributed by atoms with Crippen molar-refractivity contribution in [3.63, 3.8) is 0 Å². The van der Waals surface area contributed by atoms with Gasteiger partial charge >= 0.3 is 0 Å². The minimum Gasteiger partial charge on any atom is -0.483 e. The summed E-state index contributed by atoms with van der Waals surface area (Å²) in [6.07, 6.45) is 0. The molecule has 1 N–H and O–H groups in total. The van der Waals surface area contributed by atoms with Crippen LogP contribution in [0.4, 0.5) is 0 Å². The molecule has 0 unspecified atom stereocenters. The fourth-order valence-electron chi connectivity index (χ4n) is 0.975. The molecule has 0 saturated carbocycles. The number of hydroxylamine groups is 1. The first-order valence-electron chi connectivity index (χ1n) is 5.32. The molecular weight excluding hydrogens is 366 g/mol. The van der Waals surface area contributed by atoms with E-state index in [-0.39, 0.29) is 12.5 Å². The molecule has 1 aromatic rings. The van der Waals surface area contributed by atoms with Crippen LogP contribution in [0.25, 0.3) is 0 Å². The van der Waals surface area contributed by atoms with Crippen LogP contribution in [0, 0.1) is 0 Å². The first-order chi connectivity index (χ1) is 8.28. The zero-order valence-corrected chi connectivity index (χ0v) is 13.6. The molecule has 6 heteroatoms. The van der Waals surface area contributed by atoms with Crippen molar-refractivity contribution in [1.29, 1.82) is 0 Å². The highest BCUT2D eigenvalue weighted by Crippen LogP contribution is 2.28. The van der Waals surface area contributed by atoms with E-state index in [9.17, 15) is 4.79 Å². The van der Waals surface area contributed by atoms with Gasteiger partial charge in [-0.3, -0.25) is 9.63 Å². The van der Waals surface area contributed by atoms with E-state index in [1.165, 1.54) is 0 Å². The smallest absolute Gasteiger partial charge is 0.281 e. The molecule has 0 aliphatic rings. The van der Waals surface area contributed by atoms with Gasteiger partial charge in [0, 0.05) is 4.47 Å². The van der Waals surface area contributed by atoms with Crippen molar-refractivity contribution in [2.24, 2.45) is 0 Å². The Morgan fingerprint density at radius 3 is 2.56 bits per heavy atom. The lowest BCUT2D eigenvalue weighted by molar-refractivity contribution is -0.147. The van der Waals surface area contributed by atoms with Gasteiger partial charge in [0.05, 0.1) is 10.1 Å². The Bertz CT molecular complexity index is 430. The van der Waals surface area contributed by atoms with Crippen LogP contribution in [0.15, 0.2) is 27.1 Å². The summed E-state index contributed by atoms with van der Waals surface area (Å²) < 4.78 is 7.07. The third-order valence-corrected chi connectivity index (χ3v) is 2.84. The SMILES string of the molecule is CC(C)(C)ONC(=O)COc1ccc(Br)cc1Br. The topological polar surface area (TPSA) is 47.6 Å². The van der Waals surface area contributed by atoms with Crippen molar-refractivity contribution < 1.29 is 14.4 Å². The summed E-state index contributed by atoms with van der Waals surface area (Å²) >= 11 is 6.69. The molecule has 100 valence electrons. The quantitative estimate of drug-likeness (QED) is 0.814. The van der Waals surface area contributed by atoms with E-state index in [0.717, 1.165) is 8.95 Å². The second-order valence-electron chi connectivity index (χ2n) is 4.60. The largest absolute Gasteiger partial charge is 0.483 e. The van der Waals surface area contributed by atoms with E-state index in [1.807, 2.05) is 32.9 Å². The molecule has 1 amide bonds. The molecule has 0 fully saturated rings. The molecule has 0 aliphatic heterocycles. The van der Waals surface area contributed by atoms with Crippen LogP contribution in [0.2, 0.25) is 0 Å². The predicted molar refractivity (Wildman–Crippen MR) is 76.3 cm³/mol. The molecule has 0 heterocycles. The minimum atomic E-state index is -0.423. The Morgan fingerprint density at radius 1 is 1.33 bits per heavy atom. The molecule has 4 nitrogen and oxygen atoms in total. The highest BCUT2D eigenvalue weighted by molar-refractivity contribution is 9.11. The van der Waals surface area contributed by atoms with Gasteiger partial charge in [-0.1, -0.05) is 15.9 Å². The Kier molecular flexibility index (Phi) is 5.62. The fourth-order valence-corrected chi connectivity index (χ4v) is 2.14. The number of amides is 1.